The van der Waals surface area contributed by atoms with Gasteiger partial charge in [-0.1, -0.05) is 27.7 Å². The smallest absolute Gasteiger partial charge is 0.304 e. The zero-order chi connectivity index (χ0) is 20.8. The summed E-state index contributed by atoms with van der Waals surface area (Å²) < 4.78 is 10.8. The number of hydrogen-bond acceptors (Lipinski definition) is 6. The second kappa shape index (κ2) is 9.52. The Morgan fingerprint density at radius 2 is 1.18 bits per heavy atom. The number of anilines is 2. The molecule has 0 aliphatic heterocycles. The van der Waals surface area contributed by atoms with Crippen molar-refractivity contribution < 1.29 is 18.4 Å². The van der Waals surface area contributed by atoms with Gasteiger partial charge in [0.15, 0.2) is 0 Å². The summed E-state index contributed by atoms with van der Waals surface area (Å²) in [4.78, 5) is 36.8. The molecule has 8 nitrogen and oxygen atoms in total. The molecule has 0 spiro atoms. The second-order valence-corrected chi connectivity index (χ2v) is 7.54. The van der Waals surface area contributed by atoms with Crippen molar-refractivity contribution >= 4 is 23.8 Å². The van der Waals surface area contributed by atoms with Crippen LogP contribution in [-0.2, 0) is 9.59 Å². The van der Waals surface area contributed by atoms with Crippen molar-refractivity contribution in [3.05, 3.63) is 23.9 Å². The molecule has 0 bridgehead atoms. The molecule has 0 radical (unpaired) electrons. The summed E-state index contributed by atoms with van der Waals surface area (Å²) in [5.74, 6) is -0.413. The van der Waals surface area contributed by atoms with Crippen molar-refractivity contribution in [3.8, 4) is 0 Å². The number of rotatable bonds is 9. The van der Waals surface area contributed by atoms with Crippen LogP contribution in [0.4, 0.5) is 12.0 Å². The van der Waals surface area contributed by atoms with Crippen molar-refractivity contribution in [2.45, 2.75) is 54.4 Å². The molecule has 2 heterocycles. The maximum absolute atomic E-state index is 12.5. The highest BCUT2D eigenvalue weighted by molar-refractivity contribution is 5.93. The Morgan fingerprint density at radius 1 is 0.821 bits per heavy atom. The molecule has 0 aliphatic rings. The lowest BCUT2D eigenvalue weighted by molar-refractivity contribution is -0.122. The lowest BCUT2D eigenvalue weighted by Gasteiger charge is -2.23. The first-order chi connectivity index (χ1) is 13.2. The van der Waals surface area contributed by atoms with E-state index in [0.717, 1.165) is 11.4 Å². The van der Waals surface area contributed by atoms with E-state index in [1.54, 1.807) is 9.80 Å². The fourth-order valence-corrected chi connectivity index (χ4v) is 2.69. The van der Waals surface area contributed by atoms with Crippen molar-refractivity contribution in [1.82, 2.24) is 9.97 Å². The van der Waals surface area contributed by atoms with Gasteiger partial charge in [0, 0.05) is 24.9 Å². The Balaban J connectivity index is 2.01. The van der Waals surface area contributed by atoms with Gasteiger partial charge < -0.3 is 8.83 Å². The summed E-state index contributed by atoms with van der Waals surface area (Å²) in [7, 11) is 0. The minimum atomic E-state index is -0.165. The Bertz CT molecular complexity index is 727. The molecule has 0 aromatic carbocycles. The minimum absolute atomic E-state index is 0.0414. The van der Waals surface area contributed by atoms with Crippen LogP contribution in [-0.4, -0.2) is 34.9 Å². The number of carbonyl (C=O) groups is 2. The number of aryl methyl sites for hydroxylation is 2. The molecule has 2 amide bonds. The van der Waals surface area contributed by atoms with Gasteiger partial charge in [0.2, 0.25) is 11.8 Å². The number of unbranched alkanes of at least 4 members (excludes halogenated alkanes) is 1. The molecule has 2 aromatic rings. The van der Waals surface area contributed by atoms with Gasteiger partial charge in [0.25, 0.3) is 0 Å². The van der Waals surface area contributed by atoms with E-state index >= 15 is 0 Å². The number of amides is 2. The average molecular weight is 390 g/mol. The standard InChI is InChI=1S/C20H30N4O4/c1-13(2)17(25)23(19-21-15(5)11-27-19)9-7-8-10-24(18(26)14(3)4)20-22-16(6)12-28-20/h11-14H,7-10H2,1-6H3. The van der Waals surface area contributed by atoms with Crippen LogP contribution in [0, 0.1) is 25.7 Å². The molecule has 28 heavy (non-hydrogen) atoms. The van der Waals surface area contributed by atoms with E-state index in [1.807, 2.05) is 41.5 Å². The maximum Gasteiger partial charge on any atom is 0.304 e. The highest BCUT2D eigenvalue weighted by atomic mass is 16.4. The predicted molar refractivity (Wildman–Crippen MR) is 106 cm³/mol. The monoisotopic (exact) mass is 390 g/mol. The van der Waals surface area contributed by atoms with Crippen LogP contribution in [0.15, 0.2) is 21.4 Å². The van der Waals surface area contributed by atoms with Crippen molar-refractivity contribution in [2.75, 3.05) is 22.9 Å². The second-order valence-electron chi connectivity index (χ2n) is 7.54. The highest BCUT2D eigenvalue weighted by Gasteiger charge is 2.25. The number of aromatic nitrogens is 2. The highest BCUT2D eigenvalue weighted by Crippen LogP contribution is 2.19. The van der Waals surface area contributed by atoms with Gasteiger partial charge in [-0.25, -0.2) is 0 Å². The number of nitrogens with zero attached hydrogens (tertiary/aromatic N) is 4. The first-order valence-electron chi connectivity index (χ1n) is 9.67. The van der Waals surface area contributed by atoms with Crippen LogP contribution in [0.5, 0.6) is 0 Å². The van der Waals surface area contributed by atoms with Crippen molar-refractivity contribution in [2.24, 2.45) is 11.8 Å². The van der Waals surface area contributed by atoms with Gasteiger partial charge in [-0.2, -0.15) is 9.97 Å². The van der Waals surface area contributed by atoms with Gasteiger partial charge in [-0.3, -0.25) is 19.4 Å². The Hall–Kier alpha value is -2.64. The Kier molecular flexibility index (Phi) is 7.37. The first-order valence-corrected chi connectivity index (χ1v) is 9.67. The summed E-state index contributed by atoms with van der Waals surface area (Å²) in [5.41, 5.74) is 1.45. The van der Waals surface area contributed by atoms with Gasteiger partial charge in [-0.15, -0.1) is 0 Å². The van der Waals surface area contributed by atoms with Gasteiger partial charge in [0.05, 0.1) is 11.4 Å². The van der Waals surface area contributed by atoms with E-state index in [9.17, 15) is 9.59 Å². The third kappa shape index (κ3) is 5.43. The lowest BCUT2D eigenvalue weighted by Crippen LogP contribution is -2.37. The molecule has 154 valence electrons. The molecule has 0 atom stereocenters. The molecule has 0 N–H and O–H groups in total. The summed E-state index contributed by atoms with van der Waals surface area (Å²) in [6, 6.07) is 0.629. The summed E-state index contributed by atoms with van der Waals surface area (Å²) in [5, 5.41) is 0. The fraction of sp³-hybridized carbons (Fsp3) is 0.600. The zero-order valence-corrected chi connectivity index (χ0v) is 17.6. The van der Waals surface area contributed by atoms with Crippen molar-refractivity contribution in [3.63, 3.8) is 0 Å². The van der Waals surface area contributed by atoms with Crippen LogP contribution in [0.3, 0.4) is 0 Å². The first kappa shape index (κ1) is 21.7. The van der Waals surface area contributed by atoms with Gasteiger partial charge in [0.1, 0.15) is 12.5 Å². The summed E-state index contributed by atoms with van der Waals surface area (Å²) in [6.45, 7) is 11.9. The molecular formula is C20H30N4O4. The molecule has 8 heteroatoms. The van der Waals surface area contributed by atoms with E-state index in [2.05, 4.69) is 9.97 Å². The molecule has 0 unspecified atom stereocenters. The van der Waals surface area contributed by atoms with E-state index in [-0.39, 0.29) is 23.7 Å². The molecule has 2 rings (SSSR count). The van der Waals surface area contributed by atoms with E-state index in [4.69, 9.17) is 8.83 Å². The topological polar surface area (TPSA) is 92.7 Å². The van der Waals surface area contributed by atoms with Crippen LogP contribution in [0.2, 0.25) is 0 Å². The van der Waals surface area contributed by atoms with E-state index in [1.165, 1.54) is 12.5 Å². The number of hydrogen-bond donors (Lipinski definition) is 0. The number of oxazole rings is 2. The van der Waals surface area contributed by atoms with Crippen LogP contribution < -0.4 is 9.80 Å². The largest absolute Gasteiger partial charge is 0.431 e. The molecule has 0 aliphatic carbocycles. The third-order valence-corrected chi connectivity index (χ3v) is 4.21. The van der Waals surface area contributed by atoms with Gasteiger partial charge >= 0.3 is 12.0 Å². The van der Waals surface area contributed by atoms with E-state index < -0.39 is 0 Å². The maximum atomic E-state index is 12.5. The zero-order valence-electron chi connectivity index (χ0n) is 17.6. The molecule has 0 saturated heterocycles. The molecular weight excluding hydrogens is 360 g/mol. The third-order valence-electron chi connectivity index (χ3n) is 4.21. The SMILES string of the molecule is Cc1coc(N(CCCCN(C(=O)C(C)C)c2nc(C)co2)C(=O)C(C)C)n1. The number of carbonyl (C=O) groups excluding carboxylic acids is 2. The molecule has 0 fully saturated rings. The minimum Gasteiger partial charge on any atom is -0.431 e. The van der Waals surface area contributed by atoms with Gasteiger partial charge in [-0.05, 0) is 26.7 Å². The Labute approximate surface area is 165 Å². The molecule has 0 saturated carbocycles. The summed E-state index contributed by atoms with van der Waals surface area (Å²) in [6.07, 6.45) is 4.43. The predicted octanol–water partition coefficient (Wildman–Crippen LogP) is 3.74. The fourth-order valence-electron chi connectivity index (χ4n) is 2.69. The lowest BCUT2D eigenvalue weighted by atomic mass is 10.1. The average Bonchev–Trinajstić information content (AvgIpc) is 3.25. The Morgan fingerprint density at radius 3 is 1.43 bits per heavy atom. The van der Waals surface area contributed by atoms with Crippen molar-refractivity contribution in [1.29, 1.82) is 0 Å². The molecule has 2 aromatic heterocycles. The van der Waals surface area contributed by atoms with Crippen LogP contribution in [0.25, 0.3) is 0 Å². The van der Waals surface area contributed by atoms with Crippen LogP contribution >= 0.6 is 0 Å². The van der Waals surface area contributed by atoms with Crippen LogP contribution in [0.1, 0.15) is 51.9 Å². The quantitative estimate of drug-likeness (QED) is 0.606. The summed E-state index contributed by atoms with van der Waals surface area (Å²) >= 11 is 0. The van der Waals surface area contributed by atoms with E-state index in [0.29, 0.717) is 38.0 Å². The normalized spacial score (nSPS) is 11.3.